The van der Waals surface area contributed by atoms with E-state index in [1.165, 1.54) is 0 Å². The predicted octanol–water partition coefficient (Wildman–Crippen LogP) is 3.65. The Morgan fingerprint density at radius 1 is 1.37 bits per heavy atom. The van der Waals surface area contributed by atoms with E-state index in [2.05, 4.69) is 14.9 Å². The molecule has 0 aliphatic carbocycles. The van der Waals surface area contributed by atoms with E-state index >= 15 is 0 Å². The Morgan fingerprint density at radius 3 is 2.63 bits per heavy atom. The summed E-state index contributed by atoms with van der Waals surface area (Å²) in [4.78, 5) is 12.7. The van der Waals surface area contributed by atoms with E-state index in [1.54, 1.807) is 0 Å². The Labute approximate surface area is 121 Å². The molecule has 2 aromatic rings. The van der Waals surface area contributed by atoms with Crippen LogP contribution in [0.5, 0.6) is 0 Å². The van der Waals surface area contributed by atoms with Gasteiger partial charge in [-0.05, 0) is 35.1 Å². The highest BCUT2D eigenvalue weighted by molar-refractivity contribution is 7.08. The van der Waals surface area contributed by atoms with Gasteiger partial charge in [-0.2, -0.15) is 0 Å². The number of rotatable bonds is 4. The van der Waals surface area contributed by atoms with Gasteiger partial charge in [0, 0.05) is 11.6 Å². The molecule has 19 heavy (non-hydrogen) atoms. The van der Waals surface area contributed by atoms with Crippen LogP contribution in [0.25, 0.3) is 0 Å². The fourth-order valence-corrected chi connectivity index (χ4v) is 2.49. The molecule has 0 saturated heterocycles. The van der Waals surface area contributed by atoms with E-state index in [9.17, 15) is 4.79 Å². The number of amides is 1. The Hall–Kier alpha value is -1.46. The highest BCUT2D eigenvalue weighted by atomic mass is 35.5. The molecule has 0 aliphatic heterocycles. The number of anilines is 1. The zero-order valence-corrected chi connectivity index (χ0v) is 12.3. The maximum absolute atomic E-state index is 12.1. The third-order valence-corrected chi connectivity index (χ3v) is 3.68. The zero-order valence-electron chi connectivity index (χ0n) is 10.7. The average molecular weight is 296 g/mol. The second kappa shape index (κ2) is 6.12. The third-order valence-electron chi connectivity index (χ3n) is 2.63. The van der Waals surface area contributed by atoms with Crippen LogP contribution in [0.15, 0.2) is 24.3 Å². The number of carbonyl (C=O) groups excluding carboxylic acids is 1. The number of halogens is 1. The van der Waals surface area contributed by atoms with Crippen LogP contribution in [-0.2, 0) is 5.88 Å². The van der Waals surface area contributed by atoms with Gasteiger partial charge in [-0.25, -0.2) is 0 Å². The van der Waals surface area contributed by atoms with Crippen molar-refractivity contribution in [1.29, 1.82) is 0 Å². The molecule has 0 fully saturated rings. The molecule has 1 aromatic heterocycles. The van der Waals surface area contributed by atoms with Crippen molar-refractivity contribution in [2.24, 2.45) is 0 Å². The first-order valence-corrected chi connectivity index (χ1v) is 7.21. The summed E-state index contributed by atoms with van der Waals surface area (Å²) in [6, 6.07) is 7.44. The number of aromatic nitrogens is 2. The second-order valence-electron chi connectivity index (χ2n) is 4.43. The lowest BCUT2D eigenvalue weighted by molar-refractivity contribution is 0.102. The third kappa shape index (κ3) is 3.30. The average Bonchev–Trinajstić information content (AvgIpc) is 2.89. The van der Waals surface area contributed by atoms with Crippen LogP contribution >= 0.6 is 23.1 Å². The minimum absolute atomic E-state index is 0.169. The van der Waals surface area contributed by atoms with E-state index in [0.717, 1.165) is 28.5 Å². The van der Waals surface area contributed by atoms with Gasteiger partial charge in [-0.1, -0.05) is 30.5 Å². The fourth-order valence-electron chi connectivity index (χ4n) is 1.60. The lowest BCUT2D eigenvalue weighted by Gasteiger charge is -2.06. The molecular formula is C13H14ClN3OS. The van der Waals surface area contributed by atoms with Gasteiger partial charge in [0.2, 0.25) is 0 Å². The van der Waals surface area contributed by atoms with Crippen molar-refractivity contribution < 1.29 is 4.79 Å². The topological polar surface area (TPSA) is 54.9 Å². The van der Waals surface area contributed by atoms with Crippen molar-refractivity contribution in [3.05, 3.63) is 40.4 Å². The van der Waals surface area contributed by atoms with Crippen LogP contribution < -0.4 is 5.32 Å². The smallest absolute Gasteiger partial charge is 0.269 e. The lowest BCUT2D eigenvalue weighted by atomic mass is 10.1. The van der Waals surface area contributed by atoms with Crippen molar-refractivity contribution in [3.63, 3.8) is 0 Å². The maximum Gasteiger partial charge on any atom is 0.269 e. The van der Waals surface area contributed by atoms with Crippen molar-refractivity contribution in [2.45, 2.75) is 25.6 Å². The van der Waals surface area contributed by atoms with Crippen LogP contribution in [0.3, 0.4) is 0 Å². The summed E-state index contributed by atoms with van der Waals surface area (Å²) >= 11 is 6.84. The second-order valence-corrected chi connectivity index (χ2v) is 5.45. The standard InChI is InChI=1S/C13H14ClN3OS/c1-8(2)11-12(19-17-16-11)13(18)15-10-5-3-9(7-14)4-6-10/h3-6,8H,7H2,1-2H3,(H,15,18). The summed E-state index contributed by atoms with van der Waals surface area (Å²) < 4.78 is 3.85. The minimum Gasteiger partial charge on any atom is -0.321 e. The van der Waals surface area contributed by atoms with Crippen molar-refractivity contribution in [1.82, 2.24) is 9.59 Å². The molecular weight excluding hydrogens is 282 g/mol. The number of carbonyl (C=O) groups is 1. The Bertz CT molecular complexity index is 566. The SMILES string of the molecule is CC(C)c1nnsc1C(=O)Nc1ccc(CCl)cc1. The van der Waals surface area contributed by atoms with Gasteiger partial charge in [0.15, 0.2) is 0 Å². The van der Waals surface area contributed by atoms with Crippen LogP contribution in [0.1, 0.15) is 40.7 Å². The van der Waals surface area contributed by atoms with E-state index in [4.69, 9.17) is 11.6 Å². The van der Waals surface area contributed by atoms with Crippen molar-refractivity contribution in [3.8, 4) is 0 Å². The first-order valence-electron chi connectivity index (χ1n) is 5.90. The molecule has 1 heterocycles. The van der Waals surface area contributed by atoms with Crippen LogP contribution in [0.4, 0.5) is 5.69 Å². The van der Waals surface area contributed by atoms with Crippen molar-refractivity contribution >= 4 is 34.7 Å². The molecule has 0 bridgehead atoms. The Balaban J connectivity index is 2.13. The number of alkyl halides is 1. The van der Waals surface area contributed by atoms with Crippen LogP contribution in [0.2, 0.25) is 0 Å². The quantitative estimate of drug-likeness (QED) is 0.876. The summed E-state index contributed by atoms with van der Waals surface area (Å²) in [5, 5.41) is 6.84. The summed E-state index contributed by atoms with van der Waals surface area (Å²) in [6.07, 6.45) is 0. The van der Waals surface area contributed by atoms with Gasteiger partial charge in [-0.15, -0.1) is 16.7 Å². The molecule has 0 radical (unpaired) electrons. The molecule has 0 atom stereocenters. The Morgan fingerprint density at radius 2 is 2.05 bits per heavy atom. The molecule has 0 unspecified atom stereocenters. The van der Waals surface area contributed by atoms with Crippen LogP contribution in [-0.4, -0.2) is 15.5 Å². The molecule has 1 aromatic carbocycles. The maximum atomic E-state index is 12.1. The molecule has 1 amide bonds. The van der Waals surface area contributed by atoms with Gasteiger partial charge in [0.1, 0.15) is 4.88 Å². The van der Waals surface area contributed by atoms with Crippen molar-refractivity contribution in [2.75, 3.05) is 5.32 Å². The lowest BCUT2D eigenvalue weighted by Crippen LogP contribution is -2.13. The molecule has 0 spiro atoms. The summed E-state index contributed by atoms with van der Waals surface area (Å²) in [6.45, 7) is 3.98. The predicted molar refractivity (Wildman–Crippen MR) is 78.0 cm³/mol. The molecule has 100 valence electrons. The summed E-state index contributed by atoms with van der Waals surface area (Å²) in [5.41, 5.74) is 2.49. The van der Waals surface area contributed by atoms with Crippen LogP contribution in [0, 0.1) is 0 Å². The first-order chi connectivity index (χ1) is 9.11. The largest absolute Gasteiger partial charge is 0.321 e. The Kier molecular flexibility index (Phi) is 4.50. The minimum atomic E-state index is -0.169. The van der Waals surface area contributed by atoms with Gasteiger partial charge in [0.25, 0.3) is 5.91 Å². The molecule has 6 heteroatoms. The fraction of sp³-hybridized carbons (Fsp3) is 0.308. The summed E-state index contributed by atoms with van der Waals surface area (Å²) in [7, 11) is 0. The van der Waals surface area contributed by atoms with E-state index in [0.29, 0.717) is 10.8 Å². The molecule has 1 N–H and O–H groups in total. The number of nitrogens with one attached hydrogen (secondary N) is 1. The van der Waals surface area contributed by atoms with E-state index < -0.39 is 0 Å². The summed E-state index contributed by atoms with van der Waals surface area (Å²) in [5.74, 6) is 0.472. The highest BCUT2D eigenvalue weighted by Gasteiger charge is 2.18. The van der Waals surface area contributed by atoms with E-state index in [1.807, 2.05) is 38.1 Å². The molecule has 2 rings (SSSR count). The number of nitrogens with zero attached hydrogens (tertiary/aromatic N) is 2. The van der Waals surface area contributed by atoms with Gasteiger partial charge in [0.05, 0.1) is 5.69 Å². The molecule has 4 nitrogen and oxygen atoms in total. The van der Waals surface area contributed by atoms with Gasteiger partial charge in [-0.3, -0.25) is 4.79 Å². The first kappa shape index (κ1) is 14.0. The number of hydrogen-bond donors (Lipinski definition) is 1. The number of benzene rings is 1. The monoisotopic (exact) mass is 295 g/mol. The van der Waals surface area contributed by atoms with E-state index in [-0.39, 0.29) is 11.8 Å². The normalized spacial score (nSPS) is 10.7. The van der Waals surface area contributed by atoms with Gasteiger partial charge < -0.3 is 5.32 Å². The molecule has 0 aliphatic rings. The molecule has 0 saturated carbocycles. The van der Waals surface area contributed by atoms with Gasteiger partial charge >= 0.3 is 0 Å². The highest BCUT2D eigenvalue weighted by Crippen LogP contribution is 2.21. The zero-order chi connectivity index (χ0) is 13.8. The number of hydrogen-bond acceptors (Lipinski definition) is 4.